The van der Waals surface area contributed by atoms with Crippen molar-refractivity contribution in [2.24, 2.45) is 5.92 Å². The molecule has 8 nitrogen and oxygen atoms in total. The standard InChI is InChI=1S/C30H29FN4O4/c31-24-9-17(13-32)5-7-22(24)20-14-34(15-20)25-3-1-2-4-26(25)39-21-6-8-23-18(10-21)16-35(28(23)37)30-11-19(12-30)27(36)33-29(30)38/h5-10,19-20,25-26H,1-4,11-12,14-16H2,(H,33,36,38)/t19?,25-,26+,30?/m1/s1. The minimum Gasteiger partial charge on any atom is -0.489 e. The van der Waals surface area contributed by atoms with Gasteiger partial charge in [0.1, 0.15) is 23.2 Å². The molecule has 39 heavy (non-hydrogen) atoms. The van der Waals surface area contributed by atoms with Gasteiger partial charge in [-0.25, -0.2) is 4.39 Å². The second-order valence-electron chi connectivity index (χ2n) is 11.7. The molecule has 3 amide bonds. The zero-order valence-electron chi connectivity index (χ0n) is 21.5. The number of halogens is 1. The molecule has 0 aromatic heterocycles. The van der Waals surface area contributed by atoms with Crippen LogP contribution in [0.3, 0.4) is 0 Å². The van der Waals surface area contributed by atoms with Crippen molar-refractivity contribution in [1.29, 1.82) is 5.26 Å². The Morgan fingerprint density at radius 3 is 2.56 bits per heavy atom. The van der Waals surface area contributed by atoms with Crippen LogP contribution < -0.4 is 10.1 Å². The van der Waals surface area contributed by atoms with E-state index >= 15 is 0 Å². The van der Waals surface area contributed by atoms with Crippen molar-refractivity contribution in [2.45, 2.75) is 68.7 Å². The van der Waals surface area contributed by atoms with Crippen LogP contribution in [0.15, 0.2) is 36.4 Å². The number of fused-ring (bicyclic) bond motifs is 3. The van der Waals surface area contributed by atoms with Crippen LogP contribution in [0.1, 0.15) is 71.5 Å². The maximum absolute atomic E-state index is 14.5. The SMILES string of the molecule is N#Cc1ccc(C2CN([C@@H]3CCCC[C@@H]3Oc3ccc4c(c3)CN(C35CC(C3)C(=O)NC5=O)C4=O)C2)c(F)c1. The van der Waals surface area contributed by atoms with Gasteiger partial charge in [-0.15, -0.1) is 0 Å². The molecule has 200 valence electrons. The van der Waals surface area contributed by atoms with Gasteiger partial charge in [0.15, 0.2) is 0 Å². The van der Waals surface area contributed by atoms with E-state index in [4.69, 9.17) is 10.00 Å². The number of nitrogens with zero attached hydrogens (tertiary/aromatic N) is 3. The molecule has 5 fully saturated rings. The summed E-state index contributed by atoms with van der Waals surface area (Å²) in [6.07, 6.45) is 4.94. The number of ether oxygens (including phenoxy) is 1. The van der Waals surface area contributed by atoms with E-state index in [-0.39, 0.29) is 47.5 Å². The van der Waals surface area contributed by atoms with Crippen LogP contribution in [0.4, 0.5) is 4.39 Å². The molecule has 2 bridgehead atoms. The van der Waals surface area contributed by atoms with Crippen molar-refractivity contribution in [2.75, 3.05) is 13.1 Å². The fourth-order valence-electron chi connectivity index (χ4n) is 7.23. The number of nitriles is 1. The number of carbonyl (C=O) groups is 3. The van der Waals surface area contributed by atoms with Crippen LogP contribution in [0.5, 0.6) is 5.75 Å². The number of rotatable bonds is 5. The van der Waals surface area contributed by atoms with E-state index in [1.54, 1.807) is 23.1 Å². The zero-order valence-corrected chi connectivity index (χ0v) is 21.5. The number of piperidine rings is 2. The highest BCUT2D eigenvalue weighted by molar-refractivity contribution is 6.10. The van der Waals surface area contributed by atoms with Crippen LogP contribution in [-0.4, -0.2) is 58.3 Å². The van der Waals surface area contributed by atoms with Gasteiger partial charge in [-0.2, -0.15) is 5.26 Å². The molecule has 9 heteroatoms. The van der Waals surface area contributed by atoms with Crippen LogP contribution in [0.25, 0.3) is 0 Å². The molecule has 3 saturated heterocycles. The Balaban J connectivity index is 1.03. The Morgan fingerprint density at radius 1 is 1.03 bits per heavy atom. The van der Waals surface area contributed by atoms with Crippen LogP contribution in [0.2, 0.25) is 0 Å². The fraction of sp³-hybridized carbons (Fsp3) is 0.467. The number of likely N-dealkylation sites (tertiary alicyclic amines) is 1. The van der Waals surface area contributed by atoms with Crippen LogP contribution in [-0.2, 0) is 16.1 Å². The van der Waals surface area contributed by atoms with E-state index in [2.05, 4.69) is 10.2 Å². The predicted molar refractivity (Wildman–Crippen MR) is 137 cm³/mol. The van der Waals surface area contributed by atoms with Crippen LogP contribution in [0, 0.1) is 23.1 Å². The maximum Gasteiger partial charge on any atom is 0.255 e. The lowest BCUT2D eigenvalue weighted by atomic mass is 9.63. The van der Waals surface area contributed by atoms with Gasteiger partial charge in [0.2, 0.25) is 5.91 Å². The molecule has 2 aromatic carbocycles. The number of nitrogens with one attached hydrogen (secondary N) is 1. The van der Waals surface area contributed by atoms with Gasteiger partial charge in [-0.05, 0) is 73.6 Å². The third-order valence-electron chi connectivity index (χ3n) is 9.50. The highest BCUT2D eigenvalue weighted by Gasteiger charge is 2.63. The summed E-state index contributed by atoms with van der Waals surface area (Å²) in [5.74, 6) is -0.470. The lowest BCUT2D eigenvalue weighted by Crippen LogP contribution is -2.73. The molecular formula is C30H29FN4O4. The first kappa shape index (κ1) is 24.3. The molecule has 0 radical (unpaired) electrons. The number of hydrogen-bond donors (Lipinski definition) is 1. The van der Waals surface area contributed by atoms with Gasteiger partial charge in [-0.3, -0.25) is 24.6 Å². The molecular weight excluding hydrogens is 499 g/mol. The van der Waals surface area contributed by atoms with Crippen molar-refractivity contribution < 1.29 is 23.5 Å². The molecule has 4 heterocycles. The Kier molecular flexibility index (Phi) is 5.53. The topological polar surface area (TPSA) is 103 Å². The first-order valence-electron chi connectivity index (χ1n) is 13.8. The van der Waals surface area contributed by atoms with Gasteiger partial charge < -0.3 is 9.64 Å². The normalized spacial score (nSPS) is 30.2. The molecule has 8 rings (SSSR count). The average Bonchev–Trinajstić information content (AvgIpc) is 3.20. The van der Waals surface area contributed by atoms with E-state index in [0.29, 0.717) is 41.8 Å². The summed E-state index contributed by atoms with van der Waals surface area (Å²) in [5, 5.41) is 11.4. The summed E-state index contributed by atoms with van der Waals surface area (Å²) in [6, 6.07) is 12.5. The number of amides is 3. The van der Waals surface area contributed by atoms with E-state index in [1.165, 1.54) is 6.07 Å². The molecule has 0 spiro atoms. The van der Waals surface area contributed by atoms with E-state index in [0.717, 1.165) is 44.3 Å². The fourth-order valence-corrected chi connectivity index (χ4v) is 7.23. The first-order valence-corrected chi connectivity index (χ1v) is 13.8. The summed E-state index contributed by atoms with van der Waals surface area (Å²) in [6.45, 7) is 1.85. The zero-order chi connectivity index (χ0) is 26.9. The molecule has 4 aliphatic heterocycles. The molecule has 0 unspecified atom stereocenters. The number of carbonyl (C=O) groups excluding carboxylic acids is 3. The average molecular weight is 529 g/mol. The van der Waals surface area contributed by atoms with Gasteiger partial charge in [-0.1, -0.05) is 12.5 Å². The van der Waals surface area contributed by atoms with Crippen LogP contribution >= 0.6 is 0 Å². The van der Waals surface area contributed by atoms with Crippen molar-refractivity contribution in [3.63, 3.8) is 0 Å². The van der Waals surface area contributed by atoms with E-state index < -0.39 is 5.54 Å². The first-order chi connectivity index (χ1) is 18.9. The van der Waals surface area contributed by atoms with Gasteiger partial charge in [0, 0.05) is 43.1 Å². The van der Waals surface area contributed by atoms with E-state index in [1.807, 2.05) is 18.2 Å². The minimum absolute atomic E-state index is 0.00196. The van der Waals surface area contributed by atoms with Gasteiger partial charge in [0.25, 0.3) is 11.8 Å². The monoisotopic (exact) mass is 528 g/mol. The Labute approximate surface area is 225 Å². The Bertz CT molecular complexity index is 1440. The lowest BCUT2D eigenvalue weighted by molar-refractivity contribution is -0.160. The molecule has 2 aliphatic carbocycles. The molecule has 2 aromatic rings. The predicted octanol–water partition coefficient (Wildman–Crippen LogP) is 3.25. The quantitative estimate of drug-likeness (QED) is 0.598. The summed E-state index contributed by atoms with van der Waals surface area (Å²) in [4.78, 5) is 41.8. The highest BCUT2D eigenvalue weighted by atomic mass is 19.1. The largest absolute Gasteiger partial charge is 0.489 e. The van der Waals surface area contributed by atoms with Gasteiger partial charge >= 0.3 is 0 Å². The number of hydrogen-bond acceptors (Lipinski definition) is 6. The third kappa shape index (κ3) is 3.76. The highest BCUT2D eigenvalue weighted by Crippen LogP contribution is 2.49. The number of benzene rings is 2. The summed E-state index contributed by atoms with van der Waals surface area (Å²) >= 11 is 0. The van der Waals surface area contributed by atoms with Crippen molar-refractivity contribution in [1.82, 2.24) is 15.1 Å². The molecule has 2 atom stereocenters. The molecule has 6 aliphatic rings. The summed E-state index contributed by atoms with van der Waals surface area (Å²) < 4.78 is 21.1. The second-order valence-corrected chi connectivity index (χ2v) is 11.7. The summed E-state index contributed by atoms with van der Waals surface area (Å²) in [7, 11) is 0. The Hall–Kier alpha value is -3.77. The summed E-state index contributed by atoms with van der Waals surface area (Å²) in [5.41, 5.74) is 1.50. The van der Waals surface area contributed by atoms with Crippen molar-refractivity contribution >= 4 is 17.7 Å². The van der Waals surface area contributed by atoms with E-state index in [9.17, 15) is 18.8 Å². The molecule has 2 saturated carbocycles. The Morgan fingerprint density at radius 2 is 1.82 bits per heavy atom. The maximum atomic E-state index is 14.5. The van der Waals surface area contributed by atoms with Crippen molar-refractivity contribution in [3.8, 4) is 11.8 Å². The minimum atomic E-state index is -0.924. The van der Waals surface area contributed by atoms with Crippen molar-refractivity contribution in [3.05, 3.63) is 64.5 Å². The third-order valence-corrected chi connectivity index (χ3v) is 9.50. The molecule has 1 N–H and O–H groups in total. The smallest absolute Gasteiger partial charge is 0.255 e. The van der Waals surface area contributed by atoms with Gasteiger partial charge in [0.05, 0.1) is 11.6 Å². The number of imide groups is 1. The lowest BCUT2D eigenvalue weighted by Gasteiger charge is -2.53. The second kappa shape index (κ2) is 8.88.